The Labute approximate surface area is 180 Å². The normalized spacial score (nSPS) is 16.6. The molecule has 1 aliphatic heterocycles. The van der Waals surface area contributed by atoms with Crippen molar-refractivity contribution in [2.45, 2.75) is 39.9 Å². The largest absolute Gasteiger partial charge is 0.382 e. The fourth-order valence-corrected chi connectivity index (χ4v) is 3.50. The summed E-state index contributed by atoms with van der Waals surface area (Å²) >= 11 is 0. The second kappa shape index (κ2) is 9.34. The van der Waals surface area contributed by atoms with E-state index in [1.54, 1.807) is 28.8 Å². The molecule has 1 aromatic heterocycles. The molecule has 1 amide bonds. The molecule has 2 heterocycles. The molecule has 164 valence electrons. The summed E-state index contributed by atoms with van der Waals surface area (Å²) in [5, 5.41) is 0. The zero-order valence-corrected chi connectivity index (χ0v) is 18.2. The highest BCUT2D eigenvalue weighted by atomic mass is 19.2. The Balaban J connectivity index is 2.00. The molecule has 31 heavy (non-hydrogen) atoms. The first-order valence-electron chi connectivity index (χ1n) is 9.91. The van der Waals surface area contributed by atoms with Crippen LogP contribution in [0.1, 0.15) is 42.6 Å². The van der Waals surface area contributed by atoms with Gasteiger partial charge in [0.1, 0.15) is 5.69 Å². The van der Waals surface area contributed by atoms with Crippen molar-refractivity contribution in [3.05, 3.63) is 71.3 Å². The minimum Gasteiger partial charge on any atom is -0.382 e. The average molecular weight is 428 g/mol. The van der Waals surface area contributed by atoms with Crippen molar-refractivity contribution >= 4 is 17.3 Å². The van der Waals surface area contributed by atoms with Gasteiger partial charge in [0.25, 0.3) is 5.91 Å². The molecule has 0 aliphatic carbocycles. The number of ether oxygens (including phenoxy) is 1. The smallest absolute Gasteiger partial charge is 0.290 e. The molecular formula is C23H26F2N4O2. The van der Waals surface area contributed by atoms with Crippen LogP contribution in [0, 0.1) is 11.6 Å². The van der Waals surface area contributed by atoms with E-state index in [-0.39, 0.29) is 24.3 Å². The molecule has 2 aromatic rings. The summed E-state index contributed by atoms with van der Waals surface area (Å²) in [6, 6.07) is 3.34. The number of halogens is 2. The molecule has 6 nitrogen and oxygen atoms in total. The number of methoxy groups -OCH3 is 1. The molecule has 0 unspecified atom stereocenters. The third kappa shape index (κ3) is 4.80. The lowest BCUT2D eigenvalue weighted by Crippen LogP contribution is -2.49. The summed E-state index contributed by atoms with van der Waals surface area (Å²) in [6.07, 6.45) is 3.50. The average Bonchev–Trinajstić information content (AvgIpc) is 3.15. The lowest BCUT2D eigenvalue weighted by molar-refractivity contribution is 0.0379. The molecule has 0 radical (unpaired) electrons. The molecule has 0 saturated carbocycles. The van der Waals surface area contributed by atoms with Gasteiger partial charge in [-0.25, -0.2) is 13.8 Å². The Hall–Kier alpha value is -3.13. The van der Waals surface area contributed by atoms with Crippen molar-refractivity contribution in [1.82, 2.24) is 14.5 Å². The highest BCUT2D eigenvalue weighted by Gasteiger charge is 2.34. The van der Waals surface area contributed by atoms with Crippen LogP contribution >= 0.6 is 0 Å². The molecule has 1 aliphatic rings. The number of fused-ring (bicyclic) bond motifs is 1. The van der Waals surface area contributed by atoms with Gasteiger partial charge in [-0.2, -0.15) is 0 Å². The highest BCUT2D eigenvalue weighted by Crippen LogP contribution is 2.26. The van der Waals surface area contributed by atoms with Crippen molar-refractivity contribution in [3.63, 3.8) is 0 Å². The van der Waals surface area contributed by atoms with E-state index in [9.17, 15) is 13.6 Å². The monoisotopic (exact) mass is 428 g/mol. The van der Waals surface area contributed by atoms with Crippen LogP contribution in [-0.4, -0.2) is 45.8 Å². The number of benzene rings is 1. The van der Waals surface area contributed by atoms with Gasteiger partial charge in [-0.05, 0) is 44.0 Å². The van der Waals surface area contributed by atoms with Crippen LogP contribution in [0.4, 0.5) is 8.78 Å². The first-order valence-corrected chi connectivity index (χ1v) is 9.91. The van der Waals surface area contributed by atoms with E-state index in [1.165, 1.54) is 6.07 Å². The number of aromatic nitrogens is 2. The number of amides is 1. The number of aliphatic imine (C=N–C) groups is 1. The summed E-state index contributed by atoms with van der Waals surface area (Å²) in [5.74, 6) is -1.91. The Morgan fingerprint density at radius 3 is 2.68 bits per heavy atom. The predicted molar refractivity (Wildman–Crippen MR) is 116 cm³/mol. The van der Waals surface area contributed by atoms with Crippen LogP contribution in [0.5, 0.6) is 0 Å². The van der Waals surface area contributed by atoms with Gasteiger partial charge in [0.15, 0.2) is 17.5 Å². The Morgan fingerprint density at radius 2 is 2.06 bits per heavy atom. The van der Waals surface area contributed by atoms with Crippen molar-refractivity contribution in [3.8, 4) is 0 Å². The minimum absolute atomic E-state index is 0.118. The van der Waals surface area contributed by atoms with Gasteiger partial charge in [-0.15, -0.1) is 0 Å². The van der Waals surface area contributed by atoms with E-state index in [4.69, 9.17) is 4.74 Å². The number of carbonyl (C=O) groups is 1. The summed E-state index contributed by atoms with van der Waals surface area (Å²) in [4.78, 5) is 24.0. The molecule has 0 fully saturated rings. The third-order valence-corrected chi connectivity index (χ3v) is 5.03. The Bertz CT molecular complexity index is 1070. The predicted octanol–water partition coefficient (Wildman–Crippen LogP) is 4.23. The number of carbonyl (C=O) groups excluding carboxylic acids is 1. The van der Waals surface area contributed by atoms with E-state index in [1.807, 2.05) is 20.8 Å². The molecule has 0 saturated heterocycles. The first-order chi connectivity index (χ1) is 14.7. The summed E-state index contributed by atoms with van der Waals surface area (Å²) in [7, 11) is 1.56. The van der Waals surface area contributed by atoms with Gasteiger partial charge >= 0.3 is 0 Å². The maximum Gasteiger partial charge on any atom is 0.290 e. The SMILES string of the molecule is C=C/C(C)=C(\N=C(C)C)c1cn2c(n1)C(=O)N(Cc1ccc(F)c(F)c1)[C@@H](COC)C2. The molecule has 0 bridgehead atoms. The molecule has 1 aromatic carbocycles. The van der Waals surface area contributed by atoms with Crippen molar-refractivity contribution < 1.29 is 18.3 Å². The minimum atomic E-state index is -0.948. The van der Waals surface area contributed by atoms with Crippen molar-refractivity contribution in [2.75, 3.05) is 13.7 Å². The second-order valence-corrected chi connectivity index (χ2v) is 7.69. The topological polar surface area (TPSA) is 59.7 Å². The van der Waals surface area contributed by atoms with E-state index in [0.717, 1.165) is 23.4 Å². The number of nitrogens with zero attached hydrogens (tertiary/aromatic N) is 4. The van der Waals surface area contributed by atoms with Crippen LogP contribution in [0.2, 0.25) is 0 Å². The Morgan fingerprint density at radius 1 is 1.32 bits per heavy atom. The van der Waals surface area contributed by atoms with E-state index in [0.29, 0.717) is 30.1 Å². The van der Waals surface area contributed by atoms with Gasteiger partial charge in [-0.3, -0.25) is 9.79 Å². The number of hydrogen-bond donors (Lipinski definition) is 0. The van der Waals surface area contributed by atoms with E-state index in [2.05, 4.69) is 16.6 Å². The van der Waals surface area contributed by atoms with E-state index >= 15 is 0 Å². The molecule has 8 heteroatoms. The molecular weight excluding hydrogens is 402 g/mol. The van der Waals surface area contributed by atoms with Crippen LogP contribution in [0.15, 0.2) is 47.6 Å². The van der Waals surface area contributed by atoms with Gasteiger partial charge < -0.3 is 14.2 Å². The molecule has 0 spiro atoms. The lowest BCUT2D eigenvalue weighted by atomic mass is 10.1. The summed E-state index contributed by atoms with van der Waals surface area (Å²) in [5.41, 5.74) is 3.41. The first kappa shape index (κ1) is 22.6. The standard InChI is InChI=1S/C23H26F2N4O2/c1-6-15(4)21(26-14(2)3)20-12-28-11-17(13-31-5)29(23(30)22(28)27-20)10-16-7-8-18(24)19(25)9-16/h6-9,12,17H,1,10-11,13H2,2-5H3/b21-15-/t17-/m1/s1. The fourth-order valence-electron chi connectivity index (χ4n) is 3.50. The quantitative estimate of drug-likeness (QED) is 0.490. The zero-order chi connectivity index (χ0) is 22.7. The molecule has 1 atom stereocenters. The van der Waals surface area contributed by atoms with Crippen LogP contribution < -0.4 is 0 Å². The lowest BCUT2D eigenvalue weighted by Gasteiger charge is -2.35. The van der Waals surface area contributed by atoms with Gasteiger partial charge in [0.05, 0.1) is 18.3 Å². The third-order valence-electron chi connectivity index (χ3n) is 5.03. The van der Waals surface area contributed by atoms with Gasteiger partial charge in [0.2, 0.25) is 0 Å². The number of rotatable bonds is 7. The maximum absolute atomic E-state index is 13.7. The van der Waals surface area contributed by atoms with Crippen molar-refractivity contribution in [2.24, 2.45) is 4.99 Å². The van der Waals surface area contributed by atoms with Crippen LogP contribution in [0.3, 0.4) is 0 Å². The summed E-state index contributed by atoms with van der Waals surface area (Å²) < 4.78 is 34.1. The van der Waals surface area contributed by atoms with Gasteiger partial charge in [0, 0.05) is 32.1 Å². The molecule has 3 rings (SSSR count). The summed E-state index contributed by atoms with van der Waals surface area (Å²) in [6.45, 7) is 10.3. The number of allylic oxidation sites excluding steroid dienone is 2. The van der Waals surface area contributed by atoms with E-state index < -0.39 is 11.6 Å². The van der Waals surface area contributed by atoms with Gasteiger partial charge in [-0.1, -0.05) is 18.7 Å². The van der Waals surface area contributed by atoms with Crippen LogP contribution in [0.25, 0.3) is 5.70 Å². The maximum atomic E-state index is 13.7. The number of hydrogen-bond acceptors (Lipinski definition) is 4. The molecule has 0 N–H and O–H groups in total. The fraction of sp³-hybridized carbons (Fsp3) is 0.348. The van der Waals surface area contributed by atoms with Crippen LogP contribution in [-0.2, 0) is 17.8 Å². The Kier molecular flexibility index (Phi) is 6.80. The highest BCUT2D eigenvalue weighted by molar-refractivity contribution is 5.93. The zero-order valence-electron chi connectivity index (χ0n) is 18.2. The van der Waals surface area contributed by atoms with Crippen molar-refractivity contribution in [1.29, 1.82) is 0 Å². The number of imidazole rings is 1. The second-order valence-electron chi connectivity index (χ2n) is 7.69.